The van der Waals surface area contributed by atoms with Crippen LogP contribution in [0.4, 0.5) is 0 Å². The Morgan fingerprint density at radius 3 is 0.692 bits per heavy atom. The molecule has 0 N–H and O–H groups in total. The Morgan fingerprint density at radius 1 is 0.692 bits per heavy atom. The second kappa shape index (κ2) is 17.3. The van der Waals surface area contributed by atoms with Gasteiger partial charge >= 0.3 is 24.0 Å². The molecule has 0 saturated carbocycles. The molecule has 0 saturated heterocycles. The second-order valence-electron chi connectivity index (χ2n) is 1.47. The van der Waals surface area contributed by atoms with Crippen molar-refractivity contribution in [3.8, 4) is 0 Å². The molecule has 0 aromatic heterocycles. The molecule has 0 aliphatic heterocycles. The maximum atomic E-state index is 8.89. The van der Waals surface area contributed by atoms with E-state index in [2.05, 4.69) is 0 Å². The van der Waals surface area contributed by atoms with Crippen molar-refractivity contribution in [3.05, 3.63) is 0 Å². The van der Waals surface area contributed by atoms with Crippen LogP contribution < -0.4 is 39.3 Å². The Kier molecular flexibility index (Phi) is 30.2. The molecule has 0 bridgehead atoms. The summed E-state index contributed by atoms with van der Waals surface area (Å²) in [6.07, 6.45) is 0. The molecule has 0 atom stereocenters. The molecule has 7 heteroatoms. The molecule has 0 aromatic carbocycles. The van der Waals surface area contributed by atoms with Gasteiger partial charge in [0, 0.05) is 17.9 Å². The van der Waals surface area contributed by atoms with Gasteiger partial charge in [-0.3, -0.25) is 0 Å². The highest BCUT2D eigenvalue weighted by atomic mass is 127. The summed E-state index contributed by atoms with van der Waals surface area (Å²) in [4.78, 5) is 26.7. The van der Waals surface area contributed by atoms with E-state index in [4.69, 9.17) is 29.7 Å². The molecule has 4 radical (unpaired) electrons. The van der Waals surface area contributed by atoms with Crippen molar-refractivity contribution in [1.29, 1.82) is 0 Å². The summed E-state index contributed by atoms with van der Waals surface area (Å²) in [6.45, 7) is 2.92. The van der Waals surface area contributed by atoms with E-state index < -0.39 is 17.9 Å². The lowest BCUT2D eigenvalue weighted by Gasteiger charge is -1.77. The van der Waals surface area contributed by atoms with Gasteiger partial charge in [-0.25, -0.2) is 0 Å². The number of halogens is 1. The second-order valence-corrected chi connectivity index (χ2v) is 1.47. The SMILES string of the molecule is CC(=O)[O-].CC(=O)[O-].CC(=O)[O-].[I+3]. The molecular weight excluding hydrogens is 295 g/mol. The smallest absolute Gasteiger partial charge is 0.550 e. The summed E-state index contributed by atoms with van der Waals surface area (Å²) in [5.74, 6) is -3.25. The molecule has 0 rings (SSSR count). The minimum absolute atomic E-state index is 0. The topological polar surface area (TPSA) is 120 Å². The third-order valence-electron chi connectivity index (χ3n) is 0. The van der Waals surface area contributed by atoms with Crippen LogP contribution in [0.2, 0.25) is 0 Å². The summed E-state index contributed by atoms with van der Waals surface area (Å²) in [5.41, 5.74) is 0. The predicted molar refractivity (Wildman–Crippen MR) is 32.0 cm³/mol. The average molecular weight is 304 g/mol. The molecule has 0 spiro atoms. The summed E-state index contributed by atoms with van der Waals surface area (Å²) in [5, 5.41) is 26.7. The van der Waals surface area contributed by atoms with E-state index in [-0.39, 0.29) is 24.0 Å². The van der Waals surface area contributed by atoms with Crippen molar-refractivity contribution in [1.82, 2.24) is 0 Å². The third kappa shape index (κ3) is 1260. The Morgan fingerprint density at radius 2 is 0.692 bits per heavy atom. The zero-order valence-corrected chi connectivity index (χ0v) is 9.48. The van der Waals surface area contributed by atoms with Crippen LogP contribution in [0.1, 0.15) is 20.8 Å². The zero-order chi connectivity index (χ0) is 10.7. The number of carboxylic acid groups (broad SMARTS) is 3. The molecule has 0 fully saturated rings. The molecular formula is C6H9IO6. The Hall–Kier alpha value is -0.860. The minimum Gasteiger partial charge on any atom is -0.550 e. The number of carboxylic acids is 3. The lowest BCUT2D eigenvalue weighted by Crippen LogP contribution is -3.00. The standard InChI is InChI=1S/3C2H4O2.I/c3*1-2(3)4;/h3*1H3,(H,3,4);/q;;;+3/p-3. The van der Waals surface area contributed by atoms with Crippen molar-refractivity contribution < 1.29 is 53.7 Å². The number of hydrogen-bond donors (Lipinski definition) is 0. The lowest BCUT2D eigenvalue weighted by molar-refractivity contribution is -0.303. The normalized spacial score (nSPS) is 5.77. The van der Waals surface area contributed by atoms with Gasteiger partial charge in [0.2, 0.25) is 0 Å². The van der Waals surface area contributed by atoms with Crippen LogP contribution in [-0.4, -0.2) is 17.9 Å². The molecule has 0 aliphatic rings. The van der Waals surface area contributed by atoms with Crippen molar-refractivity contribution in [2.75, 3.05) is 0 Å². The van der Waals surface area contributed by atoms with Crippen molar-refractivity contribution >= 4 is 17.9 Å². The fourth-order valence-electron chi connectivity index (χ4n) is 0. The van der Waals surface area contributed by atoms with E-state index in [9.17, 15) is 0 Å². The number of rotatable bonds is 0. The summed E-state index contributed by atoms with van der Waals surface area (Å²) in [7, 11) is 0. The van der Waals surface area contributed by atoms with Gasteiger partial charge in [-0.2, -0.15) is 0 Å². The summed E-state index contributed by atoms with van der Waals surface area (Å²) < 4.78 is 0. The van der Waals surface area contributed by atoms with E-state index in [1.807, 2.05) is 0 Å². The van der Waals surface area contributed by atoms with Crippen LogP contribution in [0.3, 0.4) is 0 Å². The Labute approximate surface area is 92.6 Å². The molecule has 0 heterocycles. The maximum Gasteiger partial charge on any atom is 3.00 e. The van der Waals surface area contributed by atoms with E-state index in [0.717, 1.165) is 20.8 Å². The van der Waals surface area contributed by atoms with Crippen LogP contribution in [-0.2, 0) is 14.4 Å². The monoisotopic (exact) mass is 304 g/mol. The number of hydrogen-bond acceptors (Lipinski definition) is 6. The summed E-state index contributed by atoms with van der Waals surface area (Å²) >= 11 is 0. The highest BCUT2D eigenvalue weighted by Crippen LogP contribution is 1.31. The first kappa shape index (κ1) is 22.7. The first-order valence-corrected chi connectivity index (χ1v) is 2.72. The Balaban J connectivity index is -0.0000000450. The van der Waals surface area contributed by atoms with E-state index >= 15 is 0 Å². The lowest BCUT2D eigenvalue weighted by atomic mass is 10.9. The van der Waals surface area contributed by atoms with Gasteiger partial charge in [-0.05, 0) is 20.8 Å². The predicted octanol–water partition coefficient (Wildman–Crippen LogP) is -6.73. The first-order valence-electron chi connectivity index (χ1n) is 2.72. The van der Waals surface area contributed by atoms with E-state index in [1.165, 1.54) is 0 Å². The average Bonchev–Trinajstić information content (AvgIpc) is 1.54. The van der Waals surface area contributed by atoms with Gasteiger partial charge in [0.1, 0.15) is 0 Å². The fraction of sp³-hybridized carbons (Fsp3) is 0.500. The van der Waals surface area contributed by atoms with Gasteiger partial charge in [-0.15, -0.1) is 0 Å². The molecule has 0 aliphatic carbocycles. The first-order chi connectivity index (χ1) is 5.20. The number of carbonyl (C=O) groups is 3. The van der Waals surface area contributed by atoms with Crippen LogP contribution in [0, 0.1) is 0 Å². The van der Waals surface area contributed by atoms with Gasteiger partial charge < -0.3 is 29.7 Å². The minimum atomic E-state index is -1.08. The quantitative estimate of drug-likeness (QED) is 0.410. The van der Waals surface area contributed by atoms with E-state index in [1.54, 1.807) is 0 Å². The van der Waals surface area contributed by atoms with Crippen LogP contribution in [0.15, 0.2) is 0 Å². The van der Waals surface area contributed by atoms with Crippen LogP contribution in [0.5, 0.6) is 0 Å². The molecule has 76 valence electrons. The van der Waals surface area contributed by atoms with Crippen molar-refractivity contribution in [2.45, 2.75) is 20.8 Å². The van der Waals surface area contributed by atoms with Gasteiger partial charge in [0.15, 0.2) is 0 Å². The Bertz CT molecular complexity index is 115. The number of aliphatic carboxylic acids is 3. The molecule has 6 nitrogen and oxygen atoms in total. The highest BCUT2D eigenvalue weighted by molar-refractivity contribution is 5.60. The molecule has 0 amide bonds. The maximum absolute atomic E-state index is 8.89. The van der Waals surface area contributed by atoms with Crippen molar-refractivity contribution in [2.24, 2.45) is 0 Å². The third-order valence-corrected chi connectivity index (χ3v) is 0. The number of carbonyl (C=O) groups excluding carboxylic acids is 3. The largest absolute Gasteiger partial charge is 3.00 e. The molecule has 13 heavy (non-hydrogen) atoms. The van der Waals surface area contributed by atoms with Crippen LogP contribution >= 0.6 is 0 Å². The highest BCUT2D eigenvalue weighted by Gasteiger charge is 3.00. The van der Waals surface area contributed by atoms with Crippen LogP contribution in [0.25, 0.3) is 0 Å². The fourth-order valence-corrected chi connectivity index (χ4v) is 0. The van der Waals surface area contributed by atoms with Gasteiger partial charge in [0.25, 0.3) is 0 Å². The summed E-state index contributed by atoms with van der Waals surface area (Å²) in [6, 6.07) is 0. The molecule has 0 unspecified atom stereocenters. The molecule has 0 aromatic rings. The van der Waals surface area contributed by atoms with Crippen molar-refractivity contribution in [3.63, 3.8) is 0 Å². The zero-order valence-electron chi connectivity index (χ0n) is 7.33. The van der Waals surface area contributed by atoms with Gasteiger partial charge in [0.05, 0.1) is 0 Å². The van der Waals surface area contributed by atoms with E-state index in [0.29, 0.717) is 0 Å². The van der Waals surface area contributed by atoms with Gasteiger partial charge in [-0.1, -0.05) is 0 Å².